The maximum atomic E-state index is 13.2. The van der Waals surface area contributed by atoms with Crippen LogP contribution in [0.2, 0.25) is 0 Å². The quantitative estimate of drug-likeness (QED) is 0.802. The minimum absolute atomic E-state index is 0. The lowest BCUT2D eigenvalue weighted by atomic mass is 9.98. The summed E-state index contributed by atoms with van der Waals surface area (Å²) >= 11 is 0. The van der Waals surface area contributed by atoms with Gasteiger partial charge in [-0.1, -0.05) is 36.4 Å². The lowest BCUT2D eigenvalue weighted by Gasteiger charge is -2.30. The van der Waals surface area contributed by atoms with Gasteiger partial charge in [0.05, 0.1) is 0 Å². The number of nitrogen functional groups attached to an aromatic ring is 1. The van der Waals surface area contributed by atoms with Gasteiger partial charge in [0.1, 0.15) is 0 Å². The Bertz CT molecular complexity index is 715. The summed E-state index contributed by atoms with van der Waals surface area (Å²) in [6.45, 7) is 4.91. The van der Waals surface area contributed by atoms with E-state index in [-0.39, 0.29) is 18.3 Å². The van der Waals surface area contributed by atoms with Crippen molar-refractivity contribution in [3.05, 3.63) is 65.2 Å². The van der Waals surface area contributed by atoms with E-state index < -0.39 is 0 Å². The Morgan fingerprint density at radius 2 is 1.85 bits per heavy atom. The number of hydrogen-bond acceptors (Lipinski definition) is 3. The standard InChI is InChI=1S/C21H26N2O2.ClH/c1-16-7-8-19(22)13-20(16)21(24)23(14-17-5-3-2-4-6-17)15-18-9-11-25-12-10-18;/h2-8,13,18H,9-12,14-15,22H2,1H3;1H. The molecule has 3 rings (SSSR count). The smallest absolute Gasteiger partial charge is 0.254 e. The third-order valence-corrected chi connectivity index (χ3v) is 4.81. The molecule has 140 valence electrons. The highest BCUT2D eigenvalue weighted by Gasteiger charge is 2.23. The zero-order chi connectivity index (χ0) is 17.6. The van der Waals surface area contributed by atoms with Crippen LogP contribution in [0.5, 0.6) is 0 Å². The summed E-state index contributed by atoms with van der Waals surface area (Å²) in [7, 11) is 0. The largest absolute Gasteiger partial charge is 0.399 e. The van der Waals surface area contributed by atoms with E-state index in [1.165, 1.54) is 0 Å². The Morgan fingerprint density at radius 1 is 1.15 bits per heavy atom. The van der Waals surface area contributed by atoms with E-state index in [1.54, 1.807) is 6.07 Å². The first-order valence-electron chi connectivity index (χ1n) is 8.90. The average Bonchev–Trinajstić information content (AvgIpc) is 2.64. The van der Waals surface area contributed by atoms with Crippen molar-refractivity contribution >= 4 is 24.0 Å². The molecule has 0 spiro atoms. The van der Waals surface area contributed by atoms with Gasteiger partial charge in [0, 0.05) is 37.6 Å². The number of ether oxygens (including phenoxy) is 1. The maximum absolute atomic E-state index is 13.2. The number of carbonyl (C=O) groups is 1. The van der Waals surface area contributed by atoms with Gasteiger partial charge in [-0.05, 0) is 48.9 Å². The highest BCUT2D eigenvalue weighted by molar-refractivity contribution is 5.96. The van der Waals surface area contributed by atoms with E-state index in [2.05, 4.69) is 12.1 Å². The van der Waals surface area contributed by atoms with Crippen molar-refractivity contribution in [2.24, 2.45) is 5.92 Å². The van der Waals surface area contributed by atoms with E-state index in [4.69, 9.17) is 10.5 Å². The van der Waals surface area contributed by atoms with Crippen LogP contribution in [-0.4, -0.2) is 30.6 Å². The molecule has 0 aromatic heterocycles. The van der Waals surface area contributed by atoms with E-state index in [0.717, 1.165) is 43.7 Å². The Labute approximate surface area is 161 Å². The molecule has 2 N–H and O–H groups in total. The molecule has 0 radical (unpaired) electrons. The maximum Gasteiger partial charge on any atom is 0.254 e. The zero-order valence-corrected chi connectivity index (χ0v) is 16.0. The topological polar surface area (TPSA) is 55.6 Å². The van der Waals surface area contributed by atoms with Crippen molar-refractivity contribution in [1.82, 2.24) is 4.90 Å². The average molecular weight is 375 g/mol. The van der Waals surface area contributed by atoms with Crippen LogP contribution in [0.4, 0.5) is 5.69 Å². The first kappa shape index (κ1) is 20.3. The zero-order valence-electron chi connectivity index (χ0n) is 15.2. The lowest BCUT2D eigenvalue weighted by Crippen LogP contribution is -2.37. The third-order valence-electron chi connectivity index (χ3n) is 4.81. The molecule has 0 aliphatic carbocycles. The van der Waals surface area contributed by atoms with Crippen molar-refractivity contribution < 1.29 is 9.53 Å². The summed E-state index contributed by atoms with van der Waals surface area (Å²) in [6.07, 6.45) is 2.02. The number of rotatable bonds is 5. The van der Waals surface area contributed by atoms with Crippen LogP contribution in [-0.2, 0) is 11.3 Å². The number of nitrogens with two attached hydrogens (primary N) is 1. The van der Waals surface area contributed by atoms with Crippen molar-refractivity contribution in [3.8, 4) is 0 Å². The first-order valence-corrected chi connectivity index (χ1v) is 8.90. The number of halogens is 1. The molecule has 0 saturated carbocycles. The Morgan fingerprint density at radius 3 is 2.54 bits per heavy atom. The molecule has 26 heavy (non-hydrogen) atoms. The predicted octanol–water partition coefficient (Wildman–Crippen LogP) is 4.07. The monoisotopic (exact) mass is 374 g/mol. The number of benzene rings is 2. The molecule has 4 nitrogen and oxygen atoms in total. The number of nitrogens with zero attached hydrogens (tertiary/aromatic N) is 1. The third kappa shape index (κ3) is 5.23. The fourth-order valence-electron chi connectivity index (χ4n) is 3.30. The molecule has 0 atom stereocenters. The van der Waals surface area contributed by atoms with Gasteiger partial charge in [-0.25, -0.2) is 0 Å². The van der Waals surface area contributed by atoms with Crippen LogP contribution in [0, 0.1) is 12.8 Å². The minimum Gasteiger partial charge on any atom is -0.399 e. The van der Waals surface area contributed by atoms with Crippen molar-refractivity contribution in [3.63, 3.8) is 0 Å². The normalized spacial score (nSPS) is 14.5. The van der Waals surface area contributed by atoms with Crippen molar-refractivity contribution in [1.29, 1.82) is 0 Å². The second kappa shape index (κ2) is 9.60. The summed E-state index contributed by atoms with van der Waals surface area (Å²) < 4.78 is 5.46. The van der Waals surface area contributed by atoms with Gasteiger partial charge in [0.25, 0.3) is 5.91 Å². The molecule has 1 fully saturated rings. The molecule has 1 saturated heterocycles. The number of hydrogen-bond donors (Lipinski definition) is 1. The van der Waals surface area contributed by atoms with Gasteiger partial charge in [0.15, 0.2) is 0 Å². The molecular formula is C21H27ClN2O2. The molecule has 1 heterocycles. The van der Waals surface area contributed by atoms with Gasteiger partial charge in [0.2, 0.25) is 0 Å². The Balaban J connectivity index is 0.00000243. The van der Waals surface area contributed by atoms with E-state index in [0.29, 0.717) is 23.7 Å². The second-order valence-corrected chi connectivity index (χ2v) is 6.80. The molecule has 0 bridgehead atoms. The predicted molar refractivity (Wildman–Crippen MR) is 108 cm³/mol. The van der Waals surface area contributed by atoms with Crippen LogP contribution in [0.3, 0.4) is 0 Å². The van der Waals surface area contributed by atoms with Gasteiger partial charge < -0.3 is 15.4 Å². The molecule has 2 aromatic carbocycles. The fraction of sp³-hybridized carbons (Fsp3) is 0.381. The van der Waals surface area contributed by atoms with Crippen LogP contribution in [0.15, 0.2) is 48.5 Å². The van der Waals surface area contributed by atoms with Crippen LogP contribution >= 0.6 is 12.4 Å². The van der Waals surface area contributed by atoms with Crippen LogP contribution in [0.25, 0.3) is 0 Å². The highest BCUT2D eigenvalue weighted by Crippen LogP contribution is 2.21. The summed E-state index contributed by atoms with van der Waals surface area (Å²) in [6, 6.07) is 15.7. The van der Waals surface area contributed by atoms with Gasteiger partial charge >= 0.3 is 0 Å². The lowest BCUT2D eigenvalue weighted by molar-refractivity contribution is 0.0445. The Kier molecular flexibility index (Phi) is 7.49. The van der Waals surface area contributed by atoms with E-state index in [9.17, 15) is 4.79 Å². The molecule has 2 aromatic rings. The summed E-state index contributed by atoms with van der Waals surface area (Å²) in [5.74, 6) is 0.544. The number of aryl methyl sites for hydroxylation is 1. The van der Waals surface area contributed by atoms with E-state index in [1.807, 2.05) is 42.2 Å². The van der Waals surface area contributed by atoms with Crippen molar-refractivity contribution in [2.75, 3.05) is 25.5 Å². The molecule has 1 amide bonds. The molecule has 1 aliphatic rings. The van der Waals surface area contributed by atoms with E-state index >= 15 is 0 Å². The minimum atomic E-state index is 0. The fourth-order valence-corrected chi connectivity index (χ4v) is 3.30. The van der Waals surface area contributed by atoms with Gasteiger partial charge in [-0.3, -0.25) is 4.79 Å². The number of carbonyl (C=O) groups excluding carboxylic acids is 1. The summed E-state index contributed by atoms with van der Waals surface area (Å²) in [4.78, 5) is 15.2. The summed E-state index contributed by atoms with van der Waals surface area (Å²) in [5, 5.41) is 0. The molecule has 0 unspecified atom stereocenters. The van der Waals surface area contributed by atoms with Gasteiger partial charge in [-0.2, -0.15) is 0 Å². The number of anilines is 1. The van der Waals surface area contributed by atoms with Crippen LogP contribution in [0.1, 0.15) is 34.3 Å². The molecule has 5 heteroatoms. The molecular weight excluding hydrogens is 348 g/mol. The number of amides is 1. The van der Waals surface area contributed by atoms with Crippen molar-refractivity contribution in [2.45, 2.75) is 26.3 Å². The summed E-state index contributed by atoms with van der Waals surface area (Å²) in [5.41, 5.74) is 9.34. The second-order valence-electron chi connectivity index (χ2n) is 6.80. The molecule has 1 aliphatic heterocycles. The van der Waals surface area contributed by atoms with Gasteiger partial charge in [-0.15, -0.1) is 12.4 Å². The first-order chi connectivity index (χ1) is 12.1. The highest BCUT2D eigenvalue weighted by atomic mass is 35.5. The Hall–Kier alpha value is -2.04. The van der Waals surface area contributed by atoms with Crippen LogP contribution < -0.4 is 5.73 Å². The SMILES string of the molecule is Cc1ccc(N)cc1C(=O)N(Cc1ccccc1)CC1CCOCC1.Cl.